The third kappa shape index (κ3) is 12.4. The van der Waals surface area contributed by atoms with Gasteiger partial charge in [-0.2, -0.15) is 0 Å². The summed E-state index contributed by atoms with van der Waals surface area (Å²) in [6, 6.07) is 28.2. The van der Waals surface area contributed by atoms with Crippen LogP contribution in [0.3, 0.4) is 0 Å². The van der Waals surface area contributed by atoms with E-state index in [2.05, 4.69) is 0 Å². The van der Waals surface area contributed by atoms with Crippen molar-refractivity contribution in [3.8, 4) is 39.5 Å². The van der Waals surface area contributed by atoms with E-state index in [1.54, 1.807) is 94.7 Å². The van der Waals surface area contributed by atoms with Gasteiger partial charge in [0.25, 0.3) is 11.8 Å². The summed E-state index contributed by atoms with van der Waals surface area (Å²) in [4.78, 5) is 66.6. The molecule has 2 amide bonds. The largest absolute Gasteiger partial charge is 0.481 e. The molecule has 316 valence electrons. The fourth-order valence-electron chi connectivity index (χ4n) is 7.00. The first-order valence-corrected chi connectivity index (χ1v) is 19.3. The quantitative estimate of drug-likeness (QED) is 0.0740. The van der Waals surface area contributed by atoms with Crippen molar-refractivity contribution < 1.29 is 94.3 Å². The molecule has 0 aliphatic heterocycles. The van der Waals surface area contributed by atoms with Crippen molar-refractivity contribution in [2.45, 2.75) is 47.7 Å². The molecule has 14 heteroatoms. The molecule has 0 bridgehead atoms. The first-order chi connectivity index (χ1) is 28.7. The van der Waals surface area contributed by atoms with Gasteiger partial charge in [-0.3, -0.25) is 9.59 Å². The second kappa shape index (κ2) is 22.2. The van der Waals surface area contributed by atoms with Crippen LogP contribution >= 0.6 is 0 Å². The maximum absolute atomic E-state index is 13.7. The van der Waals surface area contributed by atoms with E-state index in [1.807, 2.05) is 46.8 Å². The van der Waals surface area contributed by atoms with Crippen LogP contribution in [0.15, 0.2) is 97.1 Å². The smallest absolute Gasteiger partial charge is 0.341 e. The average Bonchev–Trinajstić information content (AvgIpc) is 3.22. The van der Waals surface area contributed by atoms with Gasteiger partial charge in [0.15, 0.2) is 19.8 Å². The van der Waals surface area contributed by atoms with Crippen molar-refractivity contribution in [2.24, 2.45) is 0 Å². The molecule has 0 unspecified atom stereocenters. The second-order valence-electron chi connectivity index (χ2n) is 14.2. The van der Waals surface area contributed by atoms with Crippen LogP contribution in [0.5, 0.6) is 17.2 Å². The number of aryl methyl sites for hydroxylation is 3. The zero-order valence-corrected chi connectivity index (χ0v) is 37.9. The Balaban J connectivity index is 0.00000819. The molecule has 0 radical (unpaired) electrons. The van der Waals surface area contributed by atoms with E-state index in [0.717, 1.165) is 11.1 Å². The Kier molecular flexibility index (Phi) is 17.4. The second-order valence-corrected chi connectivity index (χ2v) is 14.2. The number of carboxylic acids is 3. The number of carbonyl (C=O) groups excluding carboxylic acids is 2. The molecular formula is C47H48N2NdO11. The van der Waals surface area contributed by atoms with Gasteiger partial charge < -0.3 is 39.3 Å². The van der Waals surface area contributed by atoms with Crippen molar-refractivity contribution in [1.82, 2.24) is 9.80 Å². The van der Waals surface area contributed by atoms with E-state index in [1.165, 1.54) is 0 Å². The zero-order valence-electron chi connectivity index (χ0n) is 34.7. The predicted octanol–water partition coefficient (Wildman–Crippen LogP) is 7.66. The molecule has 0 heterocycles. The molecular weight excluding hydrogens is 913 g/mol. The number of aliphatic carboxylic acids is 3. The SMILES string of the molecule is CCN(Cc1cc(C)cc(-c2cc(C)cc(-c3cc(C)cc(CN(CC)C(=O)c4ccccc4)c3OCC(=O)O)c2OCC(=O)O)c1OCC(=O)O)C(=O)c1ccccc1.[Nd]. The first-order valence-electron chi connectivity index (χ1n) is 19.3. The summed E-state index contributed by atoms with van der Waals surface area (Å²) in [6.07, 6.45) is 0. The summed E-state index contributed by atoms with van der Waals surface area (Å²) >= 11 is 0. The minimum Gasteiger partial charge on any atom is -0.481 e. The van der Waals surface area contributed by atoms with Crippen molar-refractivity contribution in [1.29, 1.82) is 0 Å². The number of hydrogen-bond acceptors (Lipinski definition) is 8. The summed E-state index contributed by atoms with van der Waals surface area (Å²) in [5, 5.41) is 29.4. The maximum atomic E-state index is 13.7. The molecule has 5 rings (SSSR count). The summed E-state index contributed by atoms with van der Waals surface area (Å²) in [7, 11) is 0. The van der Waals surface area contributed by atoms with Crippen molar-refractivity contribution >= 4 is 29.7 Å². The zero-order chi connectivity index (χ0) is 43.5. The summed E-state index contributed by atoms with van der Waals surface area (Å²) < 4.78 is 18.2. The van der Waals surface area contributed by atoms with Crippen LogP contribution in [0.2, 0.25) is 0 Å². The number of hydrogen-bond donors (Lipinski definition) is 3. The van der Waals surface area contributed by atoms with Crippen LogP contribution < -0.4 is 14.2 Å². The van der Waals surface area contributed by atoms with Crippen LogP contribution in [-0.4, -0.2) is 87.8 Å². The van der Waals surface area contributed by atoms with E-state index in [-0.39, 0.29) is 83.0 Å². The van der Waals surface area contributed by atoms with Gasteiger partial charge in [-0.05, 0) is 99.8 Å². The summed E-state index contributed by atoms with van der Waals surface area (Å²) in [6.45, 7) is 7.63. The number of carbonyl (C=O) groups is 5. The van der Waals surface area contributed by atoms with Crippen LogP contribution in [0.1, 0.15) is 62.4 Å². The van der Waals surface area contributed by atoms with Crippen molar-refractivity contribution in [2.75, 3.05) is 32.9 Å². The fraction of sp³-hybridized carbons (Fsp3) is 0.255. The number of carboxylic acid groups (broad SMARTS) is 3. The van der Waals surface area contributed by atoms with Crippen LogP contribution in [0, 0.1) is 61.6 Å². The number of rotatable bonds is 19. The minimum absolute atomic E-state index is 0. The van der Waals surface area contributed by atoms with E-state index in [9.17, 15) is 39.3 Å². The standard InChI is InChI=1S/C47H48N2O11.Nd/c1-6-48(46(56)32-14-10-8-11-15-32)24-34-18-29(3)20-36(43(34)58-26-40(50)51)38-22-31(5)23-39(45(38)60-28-42(54)55)37-21-30(4)19-35(44(37)59-27-41(52)53)25-49(7-2)47(57)33-16-12-9-13-17-33;/h8-23H,6-7,24-28H2,1-5H3,(H,50,51)(H,52,53)(H,54,55);. The van der Waals surface area contributed by atoms with Gasteiger partial charge >= 0.3 is 17.9 Å². The first kappa shape index (κ1) is 47.9. The molecule has 3 N–H and O–H groups in total. The summed E-state index contributed by atoms with van der Waals surface area (Å²) in [5.41, 5.74) is 5.48. The molecule has 0 saturated carbocycles. The molecule has 5 aromatic rings. The molecule has 0 spiro atoms. The molecule has 13 nitrogen and oxygen atoms in total. The topological polar surface area (TPSA) is 180 Å². The Labute approximate surface area is 387 Å². The molecule has 5 aromatic carbocycles. The molecule has 0 saturated heterocycles. The fourth-order valence-corrected chi connectivity index (χ4v) is 7.00. The van der Waals surface area contributed by atoms with E-state index >= 15 is 0 Å². The van der Waals surface area contributed by atoms with E-state index < -0.39 is 37.7 Å². The van der Waals surface area contributed by atoms with Gasteiger partial charge in [0.2, 0.25) is 0 Å². The Morgan fingerprint density at radius 1 is 0.475 bits per heavy atom. The third-order valence-electron chi connectivity index (χ3n) is 9.56. The number of amides is 2. The average molecular weight is 961 g/mol. The van der Waals surface area contributed by atoms with Gasteiger partial charge in [0.05, 0.1) is 0 Å². The molecule has 61 heavy (non-hydrogen) atoms. The maximum Gasteiger partial charge on any atom is 0.341 e. The monoisotopic (exact) mass is 958 g/mol. The predicted molar refractivity (Wildman–Crippen MR) is 225 cm³/mol. The molecule has 0 aliphatic rings. The molecule has 0 fully saturated rings. The Morgan fingerprint density at radius 3 is 1.08 bits per heavy atom. The number of benzene rings is 5. The normalized spacial score (nSPS) is 10.6. The Bertz CT molecular complexity index is 2230. The summed E-state index contributed by atoms with van der Waals surface area (Å²) in [5.74, 6) is -3.90. The van der Waals surface area contributed by atoms with Crippen LogP contribution in [0.4, 0.5) is 0 Å². The van der Waals surface area contributed by atoms with Gasteiger partial charge in [-0.1, -0.05) is 48.5 Å². The Hall–Kier alpha value is -5.80. The van der Waals surface area contributed by atoms with Crippen LogP contribution in [-0.2, 0) is 27.5 Å². The minimum atomic E-state index is -1.27. The van der Waals surface area contributed by atoms with Crippen molar-refractivity contribution in [3.05, 3.63) is 136 Å². The van der Waals surface area contributed by atoms with Crippen LogP contribution in [0.25, 0.3) is 22.3 Å². The number of ether oxygens (including phenoxy) is 3. The van der Waals surface area contributed by atoms with E-state index in [4.69, 9.17) is 14.2 Å². The Morgan fingerprint density at radius 2 is 0.770 bits per heavy atom. The van der Waals surface area contributed by atoms with Gasteiger partial charge in [-0.15, -0.1) is 0 Å². The molecule has 0 aliphatic carbocycles. The van der Waals surface area contributed by atoms with E-state index in [0.29, 0.717) is 63.2 Å². The number of nitrogens with zero attached hydrogens (tertiary/aromatic N) is 2. The van der Waals surface area contributed by atoms with Gasteiger partial charge in [0.1, 0.15) is 17.2 Å². The van der Waals surface area contributed by atoms with Gasteiger partial charge in [-0.25, -0.2) is 14.4 Å². The molecule has 0 aromatic heterocycles. The van der Waals surface area contributed by atoms with Gasteiger partial charge in [0, 0.05) is 112 Å². The third-order valence-corrected chi connectivity index (χ3v) is 9.56. The van der Waals surface area contributed by atoms with Crippen molar-refractivity contribution in [3.63, 3.8) is 0 Å². The molecule has 0 atom stereocenters.